The molecule has 12 aromatic rings. The predicted molar refractivity (Wildman–Crippen MR) is 376 cm³/mol. The first kappa shape index (κ1) is 67.8. The van der Waals surface area contributed by atoms with Crippen molar-refractivity contribution in [1.82, 2.24) is 29.1 Å². The smallest absolute Gasteiger partial charge is 0.250 e. The van der Waals surface area contributed by atoms with Gasteiger partial charge in [0.25, 0.3) is 11.1 Å². The van der Waals surface area contributed by atoms with Crippen LogP contribution in [0.5, 0.6) is 23.0 Å². The molecule has 16 nitrogen and oxygen atoms in total. The van der Waals surface area contributed by atoms with Crippen LogP contribution in [-0.2, 0) is 45.6 Å². The van der Waals surface area contributed by atoms with Crippen LogP contribution in [0.3, 0.4) is 0 Å². The minimum Gasteiger partial charge on any atom is -0.493 e. The molecule has 0 saturated carbocycles. The SMILES string of the molecule is COc1ccc(Cn2cc(-c3nc(=S)[nH]c4ccccc34)ccc2=O)cc1OC.COc1ccc(Cn2cc(-c3nc(S(=O)(=O)CCC(OCc4ccccc4)c4ccccc4)nc4ccccc34)ccc2=O)cc1OC.ClCCC(OCc1ccccc1)c1ccccc1. The van der Waals surface area contributed by atoms with E-state index >= 15 is 0 Å². The van der Waals surface area contributed by atoms with E-state index in [1.165, 1.54) is 17.2 Å². The fourth-order valence-electron chi connectivity index (χ4n) is 10.7. The lowest BCUT2D eigenvalue weighted by atomic mass is 10.1. The second kappa shape index (κ2) is 33.2. The molecule has 0 amide bonds. The second-order valence-corrected chi connectivity index (χ2v) is 24.7. The summed E-state index contributed by atoms with van der Waals surface area (Å²) >= 11 is 11.1. The minimum absolute atomic E-state index is 0.0731. The second-order valence-electron chi connectivity index (χ2n) is 21.9. The summed E-state index contributed by atoms with van der Waals surface area (Å²) in [7, 11) is 2.35. The number of H-pyrrole nitrogens is 1. The molecule has 12 rings (SSSR count). The number of sulfone groups is 1. The molecule has 0 fully saturated rings. The average Bonchev–Trinajstić information content (AvgIpc) is 0.816. The number of alkyl halides is 1. The van der Waals surface area contributed by atoms with Gasteiger partial charge in [-0.25, -0.2) is 23.4 Å². The zero-order valence-corrected chi connectivity index (χ0v) is 55.3. The number of benzene rings is 8. The molecule has 4 heterocycles. The summed E-state index contributed by atoms with van der Waals surface area (Å²) in [6.45, 7) is 1.61. The number of hydrogen-bond donors (Lipinski definition) is 1. The van der Waals surface area contributed by atoms with E-state index in [0.717, 1.165) is 50.8 Å². The highest BCUT2D eigenvalue weighted by molar-refractivity contribution is 7.91. The number of aromatic amines is 1. The zero-order valence-electron chi connectivity index (χ0n) is 52.9. The first-order valence-electron chi connectivity index (χ1n) is 30.6. The number of halogens is 1. The van der Waals surface area contributed by atoms with E-state index in [9.17, 15) is 18.0 Å². The number of nitrogens with zero attached hydrogens (tertiary/aromatic N) is 5. The van der Waals surface area contributed by atoms with E-state index in [1.54, 1.807) is 80.2 Å². The van der Waals surface area contributed by atoms with Crippen LogP contribution >= 0.6 is 23.8 Å². The van der Waals surface area contributed by atoms with Gasteiger partial charge in [-0.05, 0) is 107 Å². The van der Waals surface area contributed by atoms with Crippen molar-refractivity contribution < 1.29 is 36.8 Å². The Morgan fingerprint density at radius 1 is 0.474 bits per heavy atom. The van der Waals surface area contributed by atoms with E-state index in [1.807, 2.05) is 170 Å². The summed E-state index contributed by atoms with van der Waals surface area (Å²) in [4.78, 5) is 42.1. The molecule has 95 heavy (non-hydrogen) atoms. The molecule has 0 radical (unpaired) electrons. The van der Waals surface area contributed by atoms with Gasteiger partial charge in [0.05, 0.1) is 89.6 Å². The van der Waals surface area contributed by atoms with Crippen LogP contribution in [0, 0.1) is 4.77 Å². The molecule has 8 aromatic carbocycles. The van der Waals surface area contributed by atoms with Crippen molar-refractivity contribution in [2.45, 2.75) is 56.5 Å². The van der Waals surface area contributed by atoms with E-state index in [0.29, 0.717) is 75.6 Å². The van der Waals surface area contributed by atoms with Crippen LogP contribution in [-0.4, -0.2) is 77.6 Å². The standard InChI is InChI=1S/C38H35N3O6S.C22H19N3O3S.C16H17ClO/c1-45-34-19-17-28(23-35(34)46-2)24-41-25-30(18-20-36(41)42)37-31-15-9-10-16-32(31)39-38(40-37)48(43,44)22-21-33(29-13-7-4-8-14-29)47-26-27-11-5-3-6-12-27;1-27-18-9-7-14(11-19(18)28-2)12-25-13-15(8-10-20(25)26)21-16-5-3-4-6-17(16)23-22(29)24-21;17-12-11-16(15-9-5-2-6-10-15)18-13-14-7-3-1-4-8-14/h3-20,23,25,33H,21-22,24,26H2,1-2H3;3-11,13H,12H2,1-2H3,(H,23,24,29);1-10,16H,11-13H2. The molecule has 2 unspecified atom stereocenters. The zero-order chi connectivity index (χ0) is 66.5. The van der Waals surface area contributed by atoms with Crippen LogP contribution in [0.1, 0.15) is 58.4 Å². The monoisotopic (exact) mass is 1330 g/mol. The van der Waals surface area contributed by atoms with Gasteiger partial charge < -0.3 is 42.5 Å². The van der Waals surface area contributed by atoms with Crippen molar-refractivity contribution in [3.05, 3.63) is 302 Å². The summed E-state index contributed by atoms with van der Waals surface area (Å²) in [5, 5.41) is 1.34. The minimum atomic E-state index is -3.95. The van der Waals surface area contributed by atoms with Gasteiger partial charge in [0.1, 0.15) is 0 Å². The Kier molecular flexibility index (Phi) is 23.7. The molecule has 0 aliphatic rings. The Hall–Kier alpha value is -10.1. The topological polar surface area (TPSA) is 188 Å². The highest BCUT2D eigenvalue weighted by atomic mass is 35.5. The van der Waals surface area contributed by atoms with Gasteiger partial charge in [-0.1, -0.05) is 170 Å². The number of nitrogens with one attached hydrogen (secondary N) is 1. The Morgan fingerprint density at radius 3 is 1.41 bits per heavy atom. The first-order chi connectivity index (χ1) is 46.3. The Balaban J connectivity index is 0.000000176. The third-order valence-corrected chi connectivity index (χ3v) is 17.5. The normalized spacial score (nSPS) is 11.8. The van der Waals surface area contributed by atoms with Gasteiger partial charge in [-0.3, -0.25) is 9.59 Å². The number of hydrogen-bond acceptors (Lipinski definition) is 14. The van der Waals surface area contributed by atoms with Crippen LogP contribution in [0.2, 0.25) is 0 Å². The van der Waals surface area contributed by atoms with Gasteiger partial charge >= 0.3 is 0 Å². The Labute approximate surface area is 561 Å². The van der Waals surface area contributed by atoms with Gasteiger partial charge in [-0.15, -0.1) is 11.6 Å². The predicted octanol–water partition coefficient (Wildman–Crippen LogP) is 15.4. The highest BCUT2D eigenvalue weighted by Crippen LogP contribution is 2.33. The van der Waals surface area contributed by atoms with Crippen molar-refractivity contribution >= 4 is 55.5 Å². The van der Waals surface area contributed by atoms with Gasteiger partial charge in [0.2, 0.25) is 15.0 Å². The number of aromatic nitrogens is 6. The third kappa shape index (κ3) is 18.0. The molecule has 0 spiro atoms. The number of para-hydroxylation sites is 2. The maximum Gasteiger partial charge on any atom is 0.250 e. The van der Waals surface area contributed by atoms with Crippen molar-refractivity contribution in [3.63, 3.8) is 0 Å². The van der Waals surface area contributed by atoms with Crippen molar-refractivity contribution in [3.8, 4) is 45.5 Å². The van der Waals surface area contributed by atoms with E-state index < -0.39 is 15.9 Å². The van der Waals surface area contributed by atoms with Gasteiger partial charge in [0, 0.05) is 57.8 Å². The number of pyridine rings is 2. The largest absolute Gasteiger partial charge is 0.493 e. The Bertz CT molecular complexity index is 4810. The summed E-state index contributed by atoms with van der Waals surface area (Å²) in [6.07, 6.45) is 4.15. The van der Waals surface area contributed by atoms with Crippen molar-refractivity contribution in [2.24, 2.45) is 0 Å². The molecular weight excluding hydrogens is 1260 g/mol. The summed E-state index contributed by atoms with van der Waals surface area (Å²) in [5.74, 6) is 2.78. The molecule has 0 aliphatic carbocycles. The van der Waals surface area contributed by atoms with Gasteiger partial charge in [-0.2, -0.15) is 0 Å². The quantitative estimate of drug-likeness (QED) is 0.0342. The molecule has 19 heteroatoms. The van der Waals surface area contributed by atoms with Crippen LogP contribution in [0.15, 0.2) is 258 Å². The van der Waals surface area contributed by atoms with Crippen LogP contribution in [0.4, 0.5) is 0 Å². The van der Waals surface area contributed by atoms with Crippen LogP contribution < -0.4 is 30.1 Å². The average molecular weight is 1330 g/mol. The maximum atomic E-state index is 13.9. The molecule has 0 saturated heterocycles. The van der Waals surface area contributed by atoms with E-state index in [4.69, 9.17) is 52.2 Å². The summed E-state index contributed by atoms with van der Waals surface area (Å²) in [6, 6.07) is 72.4. The molecule has 0 bridgehead atoms. The lowest BCUT2D eigenvalue weighted by Crippen LogP contribution is -2.19. The number of fused-ring (bicyclic) bond motifs is 2. The Morgan fingerprint density at radius 2 is 0.916 bits per heavy atom. The molecular formula is C76H71ClN6O10S2. The fourth-order valence-corrected chi connectivity index (χ4v) is 12.3. The third-order valence-electron chi connectivity index (χ3n) is 15.6. The summed E-state index contributed by atoms with van der Waals surface area (Å²) in [5.41, 5.74) is 9.63. The molecule has 4 aromatic heterocycles. The van der Waals surface area contributed by atoms with E-state index in [2.05, 4.69) is 44.2 Å². The first-order valence-corrected chi connectivity index (χ1v) is 33.2. The van der Waals surface area contributed by atoms with Crippen molar-refractivity contribution in [1.29, 1.82) is 0 Å². The lowest BCUT2D eigenvalue weighted by Gasteiger charge is -2.19. The number of ether oxygens (including phenoxy) is 6. The number of rotatable bonds is 24. The van der Waals surface area contributed by atoms with Gasteiger partial charge in [0.15, 0.2) is 27.8 Å². The number of methoxy groups -OCH3 is 4. The van der Waals surface area contributed by atoms with Crippen LogP contribution in [0.25, 0.3) is 44.3 Å². The molecule has 1 N–H and O–H groups in total. The lowest BCUT2D eigenvalue weighted by molar-refractivity contribution is 0.0376. The fraction of sp³-hybridized carbons (Fsp3) is 0.184. The molecule has 0 aliphatic heterocycles. The molecule has 484 valence electrons. The van der Waals surface area contributed by atoms with E-state index in [-0.39, 0.29) is 41.1 Å². The summed E-state index contributed by atoms with van der Waals surface area (Å²) < 4.78 is 65.0. The maximum absolute atomic E-state index is 13.9. The molecule has 2 atom stereocenters. The van der Waals surface area contributed by atoms with Crippen molar-refractivity contribution in [2.75, 3.05) is 40.1 Å². The highest BCUT2D eigenvalue weighted by Gasteiger charge is 2.25.